The molecule has 0 fully saturated rings. The molecule has 162 valence electrons. The summed E-state index contributed by atoms with van der Waals surface area (Å²) in [5.41, 5.74) is 4.85. The highest BCUT2D eigenvalue weighted by atomic mass is 16.3. The van der Waals surface area contributed by atoms with Crippen LogP contribution in [0.3, 0.4) is 0 Å². The van der Waals surface area contributed by atoms with E-state index in [1.165, 1.54) is 22.3 Å². The van der Waals surface area contributed by atoms with Crippen LogP contribution < -0.4 is 0 Å². The maximum Gasteiger partial charge on any atom is 0.115 e. The summed E-state index contributed by atoms with van der Waals surface area (Å²) in [5, 5.41) is 19.9. The maximum absolute atomic E-state index is 9.93. The van der Waals surface area contributed by atoms with E-state index in [1.807, 2.05) is 0 Å². The van der Waals surface area contributed by atoms with Gasteiger partial charge in [0.05, 0.1) is 0 Å². The van der Waals surface area contributed by atoms with E-state index in [0.29, 0.717) is 0 Å². The summed E-state index contributed by atoms with van der Waals surface area (Å²) >= 11 is 0. The molecule has 0 saturated carbocycles. The number of rotatable bonds is 9. The van der Waals surface area contributed by atoms with E-state index in [1.54, 1.807) is 24.3 Å². The lowest BCUT2D eigenvalue weighted by Gasteiger charge is -2.36. The monoisotopic (exact) mass is 422 g/mol. The second-order valence-electron chi connectivity index (χ2n) is 8.50. The molecule has 0 unspecified atom stereocenters. The molecule has 0 aliphatic rings. The lowest BCUT2D eigenvalue weighted by molar-refractivity contribution is 0.419. The van der Waals surface area contributed by atoms with Crippen molar-refractivity contribution in [1.29, 1.82) is 0 Å². The van der Waals surface area contributed by atoms with Crippen LogP contribution in [0.5, 0.6) is 11.5 Å². The Morgan fingerprint density at radius 3 is 1.38 bits per heavy atom. The summed E-state index contributed by atoms with van der Waals surface area (Å²) in [4.78, 5) is 0. The Balaban J connectivity index is 1.70. The first-order valence-electron chi connectivity index (χ1n) is 11.3. The smallest absolute Gasteiger partial charge is 0.115 e. The molecule has 0 aliphatic heterocycles. The van der Waals surface area contributed by atoms with Crippen LogP contribution in [-0.2, 0) is 18.3 Å². The maximum atomic E-state index is 9.93. The van der Waals surface area contributed by atoms with Crippen LogP contribution in [0.4, 0.5) is 0 Å². The Labute approximate surface area is 190 Å². The van der Waals surface area contributed by atoms with Gasteiger partial charge >= 0.3 is 0 Å². The third-order valence-electron chi connectivity index (χ3n) is 6.43. The molecule has 0 spiro atoms. The SMILES string of the molecule is Oc1ccc(C(CCCc2ccccc2)(CCc2ccccc2)c2ccc(O)cc2)cc1. The number of benzene rings is 4. The van der Waals surface area contributed by atoms with Gasteiger partial charge in [-0.3, -0.25) is 0 Å². The van der Waals surface area contributed by atoms with Crippen molar-refractivity contribution in [2.75, 3.05) is 0 Å². The minimum absolute atomic E-state index is 0.216. The highest BCUT2D eigenvalue weighted by Crippen LogP contribution is 2.42. The highest BCUT2D eigenvalue weighted by Gasteiger charge is 2.33. The molecule has 0 amide bonds. The summed E-state index contributed by atoms with van der Waals surface area (Å²) in [7, 11) is 0. The van der Waals surface area contributed by atoms with Crippen LogP contribution in [0.15, 0.2) is 109 Å². The van der Waals surface area contributed by atoms with Crippen LogP contribution in [0.1, 0.15) is 41.5 Å². The third-order valence-corrected chi connectivity index (χ3v) is 6.43. The standard InChI is InChI=1S/C30H30O2/c31-28-17-13-26(14-18-28)30(27-15-19-29(32)20-16-27,23-21-25-10-5-2-6-11-25)22-7-12-24-8-3-1-4-9-24/h1-6,8-11,13-20,31-32H,7,12,21-23H2. The number of aromatic hydroxyl groups is 2. The molecule has 2 N–H and O–H groups in total. The van der Waals surface area contributed by atoms with Crippen molar-refractivity contribution in [3.8, 4) is 11.5 Å². The van der Waals surface area contributed by atoms with Gasteiger partial charge in [0, 0.05) is 5.41 Å². The van der Waals surface area contributed by atoms with Crippen molar-refractivity contribution < 1.29 is 10.2 Å². The predicted octanol–water partition coefficient (Wildman–Crippen LogP) is 7.04. The van der Waals surface area contributed by atoms with Crippen molar-refractivity contribution in [2.24, 2.45) is 0 Å². The molecule has 0 radical (unpaired) electrons. The fourth-order valence-corrected chi connectivity index (χ4v) is 4.67. The van der Waals surface area contributed by atoms with Crippen LogP contribution >= 0.6 is 0 Å². The zero-order valence-corrected chi connectivity index (χ0v) is 18.3. The van der Waals surface area contributed by atoms with Crippen LogP contribution in [0.25, 0.3) is 0 Å². The van der Waals surface area contributed by atoms with Gasteiger partial charge in [-0.2, -0.15) is 0 Å². The van der Waals surface area contributed by atoms with Crippen molar-refractivity contribution in [3.63, 3.8) is 0 Å². The van der Waals surface area contributed by atoms with Crippen LogP contribution in [0, 0.1) is 0 Å². The van der Waals surface area contributed by atoms with Crippen LogP contribution in [-0.4, -0.2) is 10.2 Å². The normalized spacial score (nSPS) is 11.4. The zero-order chi connectivity index (χ0) is 22.2. The predicted molar refractivity (Wildman–Crippen MR) is 131 cm³/mol. The van der Waals surface area contributed by atoms with Crippen molar-refractivity contribution in [2.45, 2.75) is 37.5 Å². The molecule has 0 heterocycles. The fraction of sp³-hybridized carbons (Fsp3) is 0.200. The first-order valence-corrected chi connectivity index (χ1v) is 11.3. The molecule has 0 saturated heterocycles. The molecular formula is C30H30O2. The lowest BCUT2D eigenvalue weighted by atomic mass is 9.67. The van der Waals surface area contributed by atoms with Gasteiger partial charge in [-0.1, -0.05) is 84.9 Å². The summed E-state index contributed by atoms with van der Waals surface area (Å²) in [6.45, 7) is 0. The highest BCUT2D eigenvalue weighted by molar-refractivity contribution is 5.43. The van der Waals surface area contributed by atoms with Crippen LogP contribution in [0.2, 0.25) is 0 Å². The Morgan fingerprint density at radius 1 is 0.469 bits per heavy atom. The molecule has 0 bridgehead atoms. The summed E-state index contributed by atoms with van der Waals surface area (Å²) in [5.74, 6) is 0.557. The second-order valence-corrected chi connectivity index (χ2v) is 8.50. The van der Waals surface area contributed by atoms with Gasteiger partial charge in [0.1, 0.15) is 11.5 Å². The summed E-state index contributed by atoms with van der Waals surface area (Å²) < 4.78 is 0. The van der Waals surface area contributed by atoms with E-state index >= 15 is 0 Å². The molecule has 2 nitrogen and oxygen atoms in total. The summed E-state index contributed by atoms with van der Waals surface area (Å²) in [6, 6.07) is 36.6. The quantitative estimate of drug-likeness (QED) is 0.304. The third kappa shape index (κ3) is 5.20. The molecule has 0 aliphatic carbocycles. The van der Waals surface area contributed by atoms with E-state index in [9.17, 15) is 10.2 Å². The Kier molecular flexibility index (Phi) is 6.91. The van der Waals surface area contributed by atoms with E-state index in [4.69, 9.17) is 0 Å². The molecule has 32 heavy (non-hydrogen) atoms. The molecule has 4 aromatic rings. The number of hydrogen-bond donors (Lipinski definition) is 2. The Morgan fingerprint density at radius 2 is 0.906 bits per heavy atom. The largest absolute Gasteiger partial charge is 0.508 e. The fourth-order valence-electron chi connectivity index (χ4n) is 4.67. The van der Waals surface area contributed by atoms with Gasteiger partial charge in [-0.15, -0.1) is 0 Å². The lowest BCUT2D eigenvalue weighted by Crippen LogP contribution is -2.29. The molecule has 4 rings (SSSR count). The number of aryl methyl sites for hydroxylation is 2. The van der Waals surface area contributed by atoms with E-state index in [-0.39, 0.29) is 16.9 Å². The minimum Gasteiger partial charge on any atom is -0.508 e. The molecular weight excluding hydrogens is 392 g/mol. The van der Waals surface area contributed by atoms with E-state index < -0.39 is 0 Å². The van der Waals surface area contributed by atoms with E-state index in [2.05, 4.69) is 84.9 Å². The molecule has 2 heteroatoms. The summed E-state index contributed by atoms with van der Waals surface area (Å²) in [6.07, 6.45) is 4.93. The average molecular weight is 423 g/mol. The van der Waals surface area contributed by atoms with Gasteiger partial charge in [-0.25, -0.2) is 0 Å². The zero-order valence-electron chi connectivity index (χ0n) is 18.3. The first-order chi connectivity index (χ1) is 15.7. The van der Waals surface area contributed by atoms with Gasteiger partial charge in [0.15, 0.2) is 0 Å². The van der Waals surface area contributed by atoms with Crippen molar-refractivity contribution in [3.05, 3.63) is 131 Å². The van der Waals surface area contributed by atoms with Gasteiger partial charge in [0.25, 0.3) is 0 Å². The minimum atomic E-state index is -0.216. The number of phenols is 2. The Hall–Kier alpha value is -3.52. The molecule has 0 aromatic heterocycles. The van der Waals surface area contributed by atoms with Crippen molar-refractivity contribution >= 4 is 0 Å². The second kappa shape index (κ2) is 10.2. The molecule has 4 aromatic carbocycles. The van der Waals surface area contributed by atoms with Gasteiger partial charge in [-0.05, 0) is 78.6 Å². The molecule has 0 atom stereocenters. The average Bonchev–Trinajstić information content (AvgIpc) is 2.84. The van der Waals surface area contributed by atoms with E-state index in [0.717, 1.165) is 32.1 Å². The van der Waals surface area contributed by atoms with Gasteiger partial charge in [0.2, 0.25) is 0 Å². The van der Waals surface area contributed by atoms with Crippen molar-refractivity contribution in [1.82, 2.24) is 0 Å². The Bertz CT molecular complexity index is 1040. The number of hydrogen-bond acceptors (Lipinski definition) is 2. The van der Waals surface area contributed by atoms with Gasteiger partial charge < -0.3 is 10.2 Å². The topological polar surface area (TPSA) is 40.5 Å². The first kappa shape index (κ1) is 21.7. The number of phenolic OH excluding ortho intramolecular Hbond substituents is 2.